The predicted octanol–water partition coefficient (Wildman–Crippen LogP) is 4.77. The molecule has 4 aliphatic rings. The highest BCUT2D eigenvalue weighted by molar-refractivity contribution is 7.91. The average molecular weight is 814 g/mol. The number of carbonyl (C=O) groups is 4. The van der Waals surface area contributed by atoms with E-state index in [2.05, 4.69) is 21.9 Å². The number of sulfonamides is 1. The summed E-state index contributed by atoms with van der Waals surface area (Å²) in [5.74, 6) is -1.89. The second-order valence-electron chi connectivity index (χ2n) is 16.6. The lowest BCUT2D eigenvalue weighted by Gasteiger charge is -2.35. The lowest BCUT2D eigenvalue weighted by molar-refractivity contribution is -0.142. The maximum atomic E-state index is 14.8. The van der Waals surface area contributed by atoms with Crippen LogP contribution in [0.15, 0.2) is 67.3 Å². The molecular formula is C42H51N7O8S. The van der Waals surface area contributed by atoms with Crippen molar-refractivity contribution < 1.29 is 37.1 Å². The fraction of sp³-hybridized carbons (Fsp3) is 0.476. The molecule has 2 aliphatic carbocycles. The summed E-state index contributed by atoms with van der Waals surface area (Å²) in [5.41, 5.74) is 1.21. The van der Waals surface area contributed by atoms with Crippen molar-refractivity contribution in [2.24, 2.45) is 11.3 Å². The molecule has 3 aromatic rings. The molecule has 3 fully saturated rings. The quantitative estimate of drug-likeness (QED) is 0.267. The largest absolute Gasteiger partial charge is 0.496 e. The number of nitrogens with one attached hydrogen (secondary N) is 3. The molecule has 0 radical (unpaired) electrons. The standard InChI is InChI=1S/C42H51N7O8S/c1-6-29-24-42(29,39(52)47-58(54,55)31-18-19-31)44-37(50)32-23-30-25-48(32)38(51)36(41(2,3)4)43-40(53)57-21-13-8-7-10-16-27-22-28(17-20-33(27)56-5)35-34(45-49(30)46-35)26-14-11-9-12-15-26/h6,9-12,14-17,20,22,29-32,36H,1,7-8,13,18-19,21,23-25H2,2-5H3,(H,43,53)(H,44,50)(H,47,52)/b16-10-/t29-,30-,32+,36-,42-/m1/s1. The fourth-order valence-electron chi connectivity index (χ4n) is 7.69. The van der Waals surface area contributed by atoms with Crippen LogP contribution in [0.4, 0.5) is 4.79 Å². The van der Waals surface area contributed by atoms with Crippen LogP contribution in [0.3, 0.4) is 0 Å². The summed E-state index contributed by atoms with van der Waals surface area (Å²) < 4.78 is 39.0. The highest BCUT2D eigenvalue weighted by Gasteiger charge is 2.62. The Morgan fingerprint density at radius 2 is 1.78 bits per heavy atom. The molecule has 3 N–H and O–H groups in total. The summed E-state index contributed by atoms with van der Waals surface area (Å²) in [6.45, 7) is 9.34. The van der Waals surface area contributed by atoms with Gasteiger partial charge in [-0.3, -0.25) is 19.1 Å². The van der Waals surface area contributed by atoms with E-state index in [9.17, 15) is 27.6 Å². The Kier molecular flexibility index (Phi) is 11.2. The summed E-state index contributed by atoms with van der Waals surface area (Å²) in [6.07, 6.45) is 7.93. The number of methoxy groups -OCH3 is 1. The molecule has 4 amide bonds. The zero-order valence-corrected chi connectivity index (χ0v) is 34.1. The molecule has 16 heteroatoms. The van der Waals surface area contributed by atoms with E-state index in [1.807, 2.05) is 60.7 Å². The number of cyclic esters (lactones) is 1. The van der Waals surface area contributed by atoms with Gasteiger partial charge in [-0.25, -0.2) is 13.2 Å². The predicted molar refractivity (Wildman–Crippen MR) is 216 cm³/mol. The van der Waals surface area contributed by atoms with Gasteiger partial charge in [-0.1, -0.05) is 69.3 Å². The van der Waals surface area contributed by atoms with Crippen LogP contribution in [0.25, 0.3) is 28.6 Å². The van der Waals surface area contributed by atoms with E-state index < -0.39 is 74.1 Å². The Hall–Kier alpha value is -5.51. The van der Waals surface area contributed by atoms with Crippen LogP contribution >= 0.6 is 0 Å². The van der Waals surface area contributed by atoms with E-state index >= 15 is 0 Å². The number of fused-ring (bicyclic) bond motifs is 8. The minimum atomic E-state index is -3.92. The number of allylic oxidation sites excluding steroid dienone is 1. The smallest absolute Gasteiger partial charge is 0.407 e. The number of hydrogen-bond acceptors (Lipinski definition) is 10. The fourth-order valence-corrected chi connectivity index (χ4v) is 9.05. The van der Waals surface area contributed by atoms with Crippen molar-refractivity contribution in [2.45, 2.75) is 94.6 Å². The van der Waals surface area contributed by atoms with Gasteiger partial charge in [0.1, 0.15) is 34.8 Å². The summed E-state index contributed by atoms with van der Waals surface area (Å²) in [5, 5.41) is 15.0. The first-order valence-electron chi connectivity index (χ1n) is 19.8. The number of nitrogens with zero attached hydrogens (tertiary/aromatic N) is 4. The summed E-state index contributed by atoms with van der Waals surface area (Å²) in [4.78, 5) is 59.0. The summed E-state index contributed by atoms with van der Waals surface area (Å²) in [7, 11) is -2.31. The zero-order valence-electron chi connectivity index (χ0n) is 33.3. The van der Waals surface area contributed by atoms with Gasteiger partial charge in [-0.05, 0) is 62.1 Å². The van der Waals surface area contributed by atoms with Crippen LogP contribution in [0.5, 0.6) is 5.75 Å². The van der Waals surface area contributed by atoms with Gasteiger partial charge in [0, 0.05) is 35.6 Å². The molecule has 1 saturated heterocycles. The number of alkyl carbamates (subject to hydrolysis) is 1. The van der Waals surface area contributed by atoms with Gasteiger partial charge >= 0.3 is 6.09 Å². The van der Waals surface area contributed by atoms with E-state index in [1.54, 1.807) is 27.9 Å². The first kappa shape index (κ1) is 40.7. The van der Waals surface area contributed by atoms with Gasteiger partial charge in [-0.15, -0.1) is 6.58 Å². The van der Waals surface area contributed by atoms with Crippen molar-refractivity contribution in [3.05, 3.63) is 72.8 Å². The maximum Gasteiger partial charge on any atom is 0.407 e. The van der Waals surface area contributed by atoms with E-state index in [-0.39, 0.29) is 26.0 Å². The lowest BCUT2D eigenvalue weighted by Crippen LogP contribution is -2.60. The van der Waals surface area contributed by atoms with Crippen molar-refractivity contribution in [2.75, 3.05) is 20.3 Å². The Morgan fingerprint density at radius 3 is 2.43 bits per heavy atom. The monoisotopic (exact) mass is 813 g/mol. The molecule has 58 heavy (non-hydrogen) atoms. The normalized spacial score (nSPS) is 25.8. The second kappa shape index (κ2) is 16.0. The molecule has 308 valence electrons. The van der Waals surface area contributed by atoms with E-state index in [1.165, 1.54) is 15.8 Å². The molecule has 0 unspecified atom stereocenters. The highest BCUT2D eigenvalue weighted by atomic mass is 32.2. The van der Waals surface area contributed by atoms with Crippen LogP contribution in [-0.2, 0) is 29.1 Å². The van der Waals surface area contributed by atoms with Gasteiger partial charge < -0.3 is 25.0 Å². The van der Waals surface area contributed by atoms with E-state index in [0.29, 0.717) is 36.4 Å². The van der Waals surface area contributed by atoms with Gasteiger partial charge in [0.05, 0.1) is 25.0 Å². The van der Waals surface area contributed by atoms with Crippen LogP contribution in [0.1, 0.15) is 77.3 Å². The molecule has 15 nitrogen and oxygen atoms in total. The van der Waals surface area contributed by atoms with E-state index in [0.717, 1.165) is 29.5 Å². The highest BCUT2D eigenvalue weighted by Crippen LogP contribution is 2.46. The Labute approximate surface area is 338 Å². The van der Waals surface area contributed by atoms with Crippen molar-refractivity contribution in [3.8, 4) is 28.3 Å². The molecule has 3 heterocycles. The number of ether oxygens (including phenoxy) is 2. The molecule has 6 bridgehead atoms. The number of aromatic nitrogens is 3. The number of rotatable bonds is 8. The molecule has 2 aliphatic heterocycles. The van der Waals surface area contributed by atoms with Crippen LogP contribution < -0.4 is 20.1 Å². The molecule has 7 rings (SSSR count). The number of hydrogen-bond donors (Lipinski definition) is 3. The first-order valence-corrected chi connectivity index (χ1v) is 21.3. The first-order chi connectivity index (χ1) is 27.6. The van der Waals surface area contributed by atoms with Crippen LogP contribution in [0.2, 0.25) is 0 Å². The number of benzene rings is 2. The topological polar surface area (TPSA) is 191 Å². The van der Waals surface area contributed by atoms with Crippen molar-refractivity contribution >= 4 is 39.9 Å². The Bertz CT molecular complexity index is 2230. The molecule has 2 saturated carbocycles. The van der Waals surface area contributed by atoms with Crippen molar-refractivity contribution in [3.63, 3.8) is 0 Å². The third-order valence-electron chi connectivity index (χ3n) is 11.3. The maximum absolute atomic E-state index is 14.8. The molecule has 2 aromatic carbocycles. The van der Waals surface area contributed by atoms with Crippen LogP contribution in [0, 0.1) is 11.3 Å². The number of carbonyl (C=O) groups excluding carboxylic acids is 4. The minimum Gasteiger partial charge on any atom is -0.496 e. The molecule has 5 atom stereocenters. The average Bonchev–Trinajstić information content (AvgIpc) is 4.08. The molecule has 1 aromatic heterocycles. The van der Waals surface area contributed by atoms with Crippen molar-refractivity contribution in [1.29, 1.82) is 0 Å². The van der Waals surface area contributed by atoms with Gasteiger partial charge in [0.15, 0.2) is 0 Å². The molecular weight excluding hydrogens is 763 g/mol. The summed E-state index contributed by atoms with van der Waals surface area (Å²) in [6, 6.07) is 12.5. The summed E-state index contributed by atoms with van der Waals surface area (Å²) >= 11 is 0. The van der Waals surface area contributed by atoms with Gasteiger partial charge in [-0.2, -0.15) is 15.0 Å². The SMILES string of the molecule is C=C[C@@H]1C[C@]1(NC(=O)[C@@H]1C[C@@H]2CN1C(=O)[C@H](C(C)(C)C)NC(=O)OCCCC/C=C\c1cc(ccc1OC)-c1nn2nc1-c1ccccc1)C(=O)NS(=O)(=O)C1CC1. The zero-order chi connectivity index (χ0) is 41.4. The third-order valence-corrected chi connectivity index (χ3v) is 13.1. The third kappa shape index (κ3) is 8.38. The minimum absolute atomic E-state index is 0.0146. The van der Waals surface area contributed by atoms with Crippen molar-refractivity contribution in [1.82, 2.24) is 35.2 Å². The molecule has 0 spiro atoms. The van der Waals surface area contributed by atoms with Gasteiger partial charge in [0.25, 0.3) is 5.91 Å². The van der Waals surface area contributed by atoms with E-state index in [4.69, 9.17) is 19.7 Å². The van der Waals surface area contributed by atoms with Gasteiger partial charge in [0.2, 0.25) is 21.8 Å². The second-order valence-corrected chi connectivity index (χ2v) is 18.6. The Morgan fingerprint density at radius 1 is 1.05 bits per heavy atom. The lowest BCUT2D eigenvalue weighted by atomic mass is 9.85. The van der Waals surface area contributed by atoms with Crippen LogP contribution in [-0.4, -0.2) is 95.3 Å². The Balaban J connectivity index is 1.29. The number of amides is 4.